The molecule has 2 heterocycles. The van der Waals surface area contributed by atoms with Crippen molar-refractivity contribution in [2.24, 2.45) is 5.92 Å². The molecule has 5 heteroatoms. The summed E-state index contributed by atoms with van der Waals surface area (Å²) < 4.78 is 3.83. The molecule has 1 aromatic rings. The van der Waals surface area contributed by atoms with Crippen molar-refractivity contribution < 1.29 is 5.11 Å². The molecule has 1 N–H and O–H groups in total. The average Bonchev–Trinajstić information content (AvgIpc) is 2.54. The number of β-amino-alcohol motifs (C(OH)–C–C–N with tert-alkyl or cyclic N) is 1. The van der Waals surface area contributed by atoms with E-state index in [9.17, 15) is 5.11 Å². The Kier molecular flexibility index (Phi) is 3.10. The quantitative estimate of drug-likeness (QED) is 0.787. The van der Waals surface area contributed by atoms with Crippen LogP contribution in [0, 0.1) is 5.92 Å². The van der Waals surface area contributed by atoms with E-state index in [1.54, 1.807) is 6.20 Å². The zero-order valence-corrected chi connectivity index (χ0v) is 9.07. The minimum Gasteiger partial charge on any atom is -0.392 e. The number of hydrogen-bond donors (Lipinski definition) is 1. The highest BCUT2D eigenvalue weighted by Gasteiger charge is 2.23. The fraction of sp³-hybridized carbons (Fsp3) is 0.778. The lowest BCUT2D eigenvalue weighted by atomic mass is 9.98. The Morgan fingerprint density at radius 1 is 1.64 bits per heavy atom. The Morgan fingerprint density at radius 2 is 2.50 bits per heavy atom. The molecule has 1 aromatic heterocycles. The molecule has 4 nitrogen and oxygen atoms in total. The van der Waals surface area contributed by atoms with Gasteiger partial charge in [0.15, 0.2) is 0 Å². The lowest BCUT2D eigenvalue weighted by Crippen LogP contribution is -2.41. The Hall–Kier alpha value is -0.520. The van der Waals surface area contributed by atoms with Crippen LogP contribution < -0.4 is 0 Å². The summed E-state index contributed by atoms with van der Waals surface area (Å²) in [5.74, 6) is 0.583. The molecule has 2 rings (SSSR count). The SMILES string of the molecule is C[C@@H]1C[C@H](O)CN(Cc2cnns2)C1. The van der Waals surface area contributed by atoms with Crippen molar-refractivity contribution in [1.82, 2.24) is 14.5 Å². The van der Waals surface area contributed by atoms with E-state index >= 15 is 0 Å². The van der Waals surface area contributed by atoms with Gasteiger partial charge >= 0.3 is 0 Å². The number of rotatable bonds is 2. The maximum Gasteiger partial charge on any atom is 0.0670 e. The van der Waals surface area contributed by atoms with Gasteiger partial charge in [0.1, 0.15) is 0 Å². The van der Waals surface area contributed by atoms with Crippen molar-refractivity contribution in [2.45, 2.75) is 26.0 Å². The highest BCUT2D eigenvalue weighted by molar-refractivity contribution is 7.05. The highest BCUT2D eigenvalue weighted by Crippen LogP contribution is 2.18. The van der Waals surface area contributed by atoms with Crippen LogP contribution in [-0.4, -0.2) is 38.8 Å². The molecule has 2 atom stereocenters. The first-order chi connectivity index (χ1) is 6.74. The number of aliphatic hydroxyl groups excluding tert-OH is 1. The summed E-state index contributed by atoms with van der Waals surface area (Å²) in [5, 5.41) is 13.4. The van der Waals surface area contributed by atoms with Crippen molar-refractivity contribution in [3.8, 4) is 0 Å². The molecule has 0 radical (unpaired) electrons. The molecule has 0 saturated carbocycles. The molecular weight excluding hydrogens is 198 g/mol. The lowest BCUT2D eigenvalue weighted by molar-refractivity contribution is 0.0413. The van der Waals surface area contributed by atoms with Gasteiger partial charge in [-0.1, -0.05) is 11.4 Å². The van der Waals surface area contributed by atoms with E-state index in [0.29, 0.717) is 5.92 Å². The summed E-state index contributed by atoms with van der Waals surface area (Å²) in [4.78, 5) is 3.44. The minimum absolute atomic E-state index is 0.167. The first-order valence-corrected chi connectivity index (χ1v) is 5.68. The van der Waals surface area contributed by atoms with Gasteiger partial charge in [0.05, 0.1) is 17.2 Å². The Balaban J connectivity index is 1.91. The molecule has 0 aliphatic carbocycles. The van der Waals surface area contributed by atoms with Crippen molar-refractivity contribution in [2.75, 3.05) is 13.1 Å². The predicted molar refractivity (Wildman–Crippen MR) is 55.0 cm³/mol. The number of aliphatic hydroxyl groups is 1. The maximum atomic E-state index is 9.61. The Labute approximate surface area is 87.7 Å². The van der Waals surface area contributed by atoms with Crippen molar-refractivity contribution >= 4 is 11.5 Å². The van der Waals surface area contributed by atoms with Gasteiger partial charge < -0.3 is 5.11 Å². The average molecular weight is 213 g/mol. The van der Waals surface area contributed by atoms with Gasteiger partial charge in [-0.05, 0) is 23.9 Å². The van der Waals surface area contributed by atoms with E-state index in [4.69, 9.17) is 0 Å². The summed E-state index contributed by atoms with van der Waals surface area (Å²) in [6.07, 6.45) is 2.56. The molecule has 14 heavy (non-hydrogen) atoms. The smallest absolute Gasteiger partial charge is 0.0670 e. The van der Waals surface area contributed by atoms with Crippen LogP contribution in [0.2, 0.25) is 0 Å². The molecule has 1 fully saturated rings. The molecule has 0 unspecified atom stereocenters. The number of hydrogen-bond acceptors (Lipinski definition) is 5. The van der Waals surface area contributed by atoms with Crippen LogP contribution in [0.15, 0.2) is 6.20 Å². The summed E-state index contributed by atoms with van der Waals surface area (Å²) in [5.41, 5.74) is 0. The van der Waals surface area contributed by atoms with Gasteiger partial charge in [-0.25, -0.2) is 0 Å². The van der Waals surface area contributed by atoms with Crippen LogP contribution in [0.25, 0.3) is 0 Å². The number of nitrogens with zero attached hydrogens (tertiary/aromatic N) is 3. The molecule has 1 saturated heterocycles. The highest BCUT2D eigenvalue weighted by atomic mass is 32.1. The number of aromatic nitrogens is 2. The van der Waals surface area contributed by atoms with Crippen LogP contribution in [0.4, 0.5) is 0 Å². The van der Waals surface area contributed by atoms with Crippen molar-refractivity contribution in [3.63, 3.8) is 0 Å². The first kappa shape index (κ1) is 10.0. The number of piperidine rings is 1. The zero-order chi connectivity index (χ0) is 9.97. The van der Waals surface area contributed by atoms with E-state index in [2.05, 4.69) is 21.4 Å². The van der Waals surface area contributed by atoms with Crippen LogP contribution in [-0.2, 0) is 6.54 Å². The molecule has 0 aromatic carbocycles. The second-order valence-electron chi connectivity index (χ2n) is 4.07. The second kappa shape index (κ2) is 4.33. The van der Waals surface area contributed by atoms with Gasteiger partial charge in [-0.3, -0.25) is 4.90 Å². The van der Waals surface area contributed by atoms with E-state index in [1.165, 1.54) is 16.4 Å². The van der Waals surface area contributed by atoms with Crippen molar-refractivity contribution in [1.29, 1.82) is 0 Å². The van der Waals surface area contributed by atoms with Crippen LogP contribution in [0.1, 0.15) is 18.2 Å². The van der Waals surface area contributed by atoms with Gasteiger partial charge in [-0.15, -0.1) is 5.10 Å². The molecule has 0 bridgehead atoms. The molecular formula is C9H15N3OS. The van der Waals surface area contributed by atoms with Gasteiger partial charge in [0, 0.05) is 19.6 Å². The van der Waals surface area contributed by atoms with Crippen LogP contribution in [0.5, 0.6) is 0 Å². The summed E-state index contributed by atoms with van der Waals surface area (Å²) in [6, 6.07) is 0. The lowest BCUT2D eigenvalue weighted by Gasteiger charge is -2.33. The largest absolute Gasteiger partial charge is 0.392 e. The van der Waals surface area contributed by atoms with Gasteiger partial charge in [0.2, 0.25) is 0 Å². The third-order valence-electron chi connectivity index (χ3n) is 2.50. The topological polar surface area (TPSA) is 49.2 Å². The molecule has 0 spiro atoms. The summed E-state index contributed by atoms with van der Waals surface area (Å²) in [7, 11) is 0. The molecule has 78 valence electrons. The maximum absolute atomic E-state index is 9.61. The molecule has 1 aliphatic heterocycles. The minimum atomic E-state index is -0.167. The van der Waals surface area contributed by atoms with Crippen molar-refractivity contribution in [3.05, 3.63) is 11.1 Å². The predicted octanol–water partition coefficient (Wildman–Crippen LogP) is 0.741. The molecule has 1 aliphatic rings. The van der Waals surface area contributed by atoms with Crippen LogP contribution >= 0.6 is 11.5 Å². The van der Waals surface area contributed by atoms with Gasteiger partial charge in [-0.2, -0.15) is 0 Å². The normalized spacial score (nSPS) is 29.3. The fourth-order valence-electron chi connectivity index (χ4n) is 2.03. The standard InChI is InChI=1S/C9H15N3OS/c1-7-2-8(13)5-12(4-7)6-9-3-10-11-14-9/h3,7-8,13H,2,4-6H2,1H3/t7-,8+/m1/s1. The Morgan fingerprint density at radius 3 is 3.14 bits per heavy atom. The van der Waals surface area contributed by atoms with E-state index in [0.717, 1.165) is 26.1 Å². The third kappa shape index (κ3) is 2.50. The van der Waals surface area contributed by atoms with E-state index in [-0.39, 0.29) is 6.10 Å². The monoisotopic (exact) mass is 213 g/mol. The zero-order valence-electron chi connectivity index (χ0n) is 8.26. The molecule has 0 amide bonds. The number of likely N-dealkylation sites (tertiary alicyclic amines) is 1. The fourth-order valence-corrected chi connectivity index (χ4v) is 2.57. The Bertz CT molecular complexity index is 268. The van der Waals surface area contributed by atoms with E-state index < -0.39 is 0 Å². The van der Waals surface area contributed by atoms with Gasteiger partial charge in [0.25, 0.3) is 0 Å². The first-order valence-electron chi connectivity index (χ1n) is 4.90. The third-order valence-corrected chi connectivity index (χ3v) is 3.14. The van der Waals surface area contributed by atoms with E-state index in [1.807, 2.05) is 0 Å². The summed E-state index contributed by atoms with van der Waals surface area (Å²) >= 11 is 1.43. The summed E-state index contributed by atoms with van der Waals surface area (Å²) in [6.45, 7) is 4.90. The second-order valence-corrected chi connectivity index (χ2v) is 4.94. The van der Waals surface area contributed by atoms with Crippen LogP contribution in [0.3, 0.4) is 0 Å².